The van der Waals surface area contributed by atoms with E-state index >= 15 is 0 Å². The normalized spacial score (nSPS) is 13.7. The highest BCUT2D eigenvalue weighted by Crippen LogP contribution is 2.40. The van der Waals surface area contributed by atoms with Crippen molar-refractivity contribution in [3.8, 4) is 28.4 Å². The van der Waals surface area contributed by atoms with Gasteiger partial charge >= 0.3 is 0 Å². The number of aromatic nitrogens is 2. The molecule has 0 bridgehead atoms. The van der Waals surface area contributed by atoms with E-state index in [9.17, 15) is 5.11 Å². The van der Waals surface area contributed by atoms with Crippen LogP contribution < -0.4 is 14.2 Å². The van der Waals surface area contributed by atoms with E-state index in [1.54, 1.807) is 31.1 Å². The number of nitrogens with zero attached hydrogens (tertiary/aromatic N) is 2. The Balaban J connectivity index is 1.78. The number of hydrogen-bond donors (Lipinski definition) is 1. The van der Waals surface area contributed by atoms with E-state index in [4.69, 9.17) is 14.2 Å². The Morgan fingerprint density at radius 2 is 1.96 bits per heavy atom. The molecular weight excluding hydrogens is 320 g/mol. The number of fused-ring (bicyclic) bond motifs is 1. The van der Waals surface area contributed by atoms with Crippen molar-refractivity contribution in [2.45, 2.75) is 6.10 Å². The van der Waals surface area contributed by atoms with E-state index in [0.717, 1.165) is 33.9 Å². The average molecular weight is 338 g/mol. The van der Waals surface area contributed by atoms with Crippen LogP contribution in [0.25, 0.3) is 11.1 Å². The molecule has 0 spiro atoms. The number of aliphatic hydroxyl groups is 1. The predicted octanol–water partition coefficient (Wildman–Crippen LogP) is 2.91. The molecule has 1 N–H and O–H groups in total. The molecule has 0 fully saturated rings. The van der Waals surface area contributed by atoms with E-state index in [-0.39, 0.29) is 6.79 Å². The molecule has 2 aromatic carbocycles. The van der Waals surface area contributed by atoms with E-state index < -0.39 is 6.10 Å². The molecule has 0 radical (unpaired) electrons. The third-order valence-electron chi connectivity index (χ3n) is 4.36. The van der Waals surface area contributed by atoms with Gasteiger partial charge in [-0.15, -0.1) is 0 Å². The molecule has 25 heavy (non-hydrogen) atoms. The predicted molar refractivity (Wildman–Crippen MR) is 91.8 cm³/mol. The van der Waals surface area contributed by atoms with Crippen LogP contribution >= 0.6 is 0 Å². The van der Waals surface area contributed by atoms with Crippen LogP contribution in [0.15, 0.2) is 48.7 Å². The molecule has 2 heterocycles. The molecule has 3 aromatic rings. The Bertz CT molecular complexity index is 920. The minimum absolute atomic E-state index is 0.231. The van der Waals surface area contributed by atoms with Crippen molar-refractivity contribution in [1.82, 2.24) is 9.78 Å². The van der Waals surface area contributed by atoms with Crippen molar-refractivity contribution < 1.29 is 19.3 Å². The van der Waals surface area contributed by atoms with Gasteiger partial charge in [-0.2, -0.15) is 5.10 Å². The first kappa shape index (κ1) is 15.5. The second-order valence-corrected chi connectivity index (χ2v) is 5.81. The van der Waals surface area contributed by atoms with E-state index in [0.29, 0.717) is 5.75 Å². The monoisotopic (exact) mass is 338 g/mol. The van der Waals surface area contributed by atoms with Gasteiger partial charge in [0.15, 0.2) is 11.5 Å². The zero-order valence-corrected chi connectivity index (χ0v) is 14.0. The van der Waals surface area contributed by atoms with Crippen molar-refractivity contribution >= 4 is 0 Å². The maximum atomic E-state index is 10.7. The lowest BCUT2D eigenvalue weighted by molar-refractivity contribution is 0.174. The van der Waals surface area contributed by atoms with Crippen molar-refractivity contribution in [3.63, 3.8) is 0 Å². The van der Waals surface area contributed by atoms with E-state index in [1.165, 1.54) is 0 Å². The lowest BCUT2D eigenvalue weighted by Gasteiger charge is -2.15. The molecule has 1 aliphatic heterocycles. The zero-order chi connectivity index (χ0) is 17.4. The summed E-state index contributed by atoms with van der Waals surface area (Å²) in [5, 5.41) is 14.8. The molecule has 0 saturated heterocycles. The third kappa shape index (κ3) is 2.70. The molecule has 0 aliphatic carbocycles. The third-order valence-corrected chi connectivity index (χ3v) is 4.36. The number of aryl methyl sites for hydroxylation is 1. The van der Waals surface area contributed by atoms with Crippen LogP contribution in [-0.2, 0) is 7.05 Å². The fourth-order valence-electron chi connectivity index (χ4n) is 3.01. The molecule has 1 aliphatic rings. The summed E-state index contributed by atoms with van der Waals surface area (Å²) in [6.45, 7) is 0.231. The summed E-state index contributed by atoms with van der Waals surface area (Å²) >= 11 is 0. The summed E-state index contributed by atoms with van der Waals surface area (Å²) in [5.74, 6) is 2.16. The van der Waals surface area contributed by atoms with Gasteiger partial charge in [-0.3, -0.25) is 4.68 Å². The van der Waals surface area contributed by atoms with Crippen LogP contribution in [-0.4, -0.2) is 28.8 Å². The Kier molecular flexibility index (Phi) is 3.82. The van der Waals surface area contributed by atoms with E-state index in [1.807, 2.05) is 36.4 Å². The first-order valence-electron chi connectivity index (χ1n) is 7.91. The summed E-state index contributed by atoms with van der Waals surface area (Å²) in [5.41, 5.74) is 3.29. The maximum absolute atomic E-state index is 10.7. The van der Waals surface area contributed by atoms with Crippen LogP contribution in [0.5, 0.6) is 17.2 Å². The molecule has 0 saturated carbocycles. The molecule has 6 nitrogen and oxygen atoms in total. The van der Waals surface area contributed by atoms with Gasteiger partial charge in [-0.1, -0.05) is 12.1 Å². The van der Waals surface area contributed by atoms with Crippen molar-refractivity contribution in [2.75, 3.05) is 13.9 Å². The Hall–Kier alpha value is -2.99. The summed E-state index contributed by atoms with van der Waals surface area (Å²) in [6.07, 6.45) is 0.895. The van der Waals surface area contributed by atoms with E-state index in [2.05, 4.69) is 5.10 Å². The first-order valence-corrected chi connectivity index (χ1v) is 7.91. The largest absolute Gasteiger partial charge is 0.496 e. The fourth-order valence-corrected chi connectivity index (χ4v) is 3.01. The molecule has 128 valence electrons. The van der Waals surface area contributed by atoms with Crippen LogP contribution in [0.2, 0.25) is 0 Å². The smallest absolute Gasteiger partial charge is 0.231 e. The van der Waals surface area contributed by atoms with Gasteiger partial charge in [-0.25, -0.2) is 0 Å². The average Bonchev–Trinajstić information content (AvgIpc) is 3.28. The van der Waals surface area contributed by atoms with Gasteiger partial charge in [0.2, 0.25) is 6.79 Å². The molecule has 4 rings (SSSR count). The first-order chi connectivity index (χ1) is 12.2. The molecule has 1 atom stereocenters. The van der Waals surface area contributed by atoms with Crippen LogP contribution in [0.1, 0.15) is 17.4 Å². The fraction of sp³-hybridized carbons (Fsp3) is 0.211. The molecule has 1 aromatic heterocycles. The Labute approximate surface area is 145 Å². The number of hydrogen-bond acceptors (Lipinski definition) is 5. The number of aliphatic hydroxyl groups excluding tert-OH is 1. The molecule has 1 unspecified atom stereocenters. The minimum Gasteiger partial charge on any atom is -0.496 e. The Morgan fingerprint density at radius 3 is 2.72 bits per heavy atom. The van der Waals surface area contributed by atoms with Crippen LogP contribution in [0, 0.1) is 0 Å². The van der Waals surface area contributed by atoms with Crippen molar-refractivity contribution in [3.05, 3.63) is 59.9 Å². The quantitative estimate of drug-likeness (QED) is 0.792. The number of methoxy groups -OCH3 is 1. The van der Waals surface area contributed by atoms with Gasteiger partial charge in [0.1, 0.15) is 11.9 Å². The highest BCUT2D eigenvalue weighted by molar-refractivity contribution is 5.74. The SMILES string of the molecule is COc1ccc(C(O)c2ccnn2C)cc1-c1ccc2c(c1)OCO2. The van der Waals surface area contributed by atoms with Crippen LogP contribution in [0.4, 0.5) is 0 Å². The lowest BCUT2D eigenvalue weighted by atomic mass is 9.98. The topological polar surface area (TPSA) is 65.7 Å². The highest BCUT2D eigenvalue weighted by Gasteiger charge is 2.19. The number of ether oxygens (including phenoxy) is 3. The van der Waals surface area contributed by atoms with Gasteiger partial charge in [-0.05, 0) is 41.5 Å². The summed E-state index contributed by atoms with van der Waals surface area (Å²) in [7, 11) is 3.43. The summed E-state index contributed by atoms with van der Waals surface area (Å²) < 4.78 is 18.0. The summed E-state index contributed by atoms with van der Waals surface area (Å²) in [4.78, 5) is 0. The lowest BCUT2D eigenvalue weighted by Crippen LogP contribution is -2.07. The van der Waals surface area contributed by atoms with Gasteiger partial charge < -0.3 is 19.3 Å². The van der Waals surface area contributed by atoms with Gasteiger partial charge in [0.25, 0.3) is 0 Å². The second kappa shape index (κ2) is 6.14. The minimum atomic E-state index is -0.772. The van der Waals surface area contributed by atoms with Gasteiger partial charge in [0, 0.05) is 18.8 Å². The molecule has 6 heteroatoms. The number of rotatable bonds is 4. The van der Waals surface area contributed by atoms with Crippen molar-refractivity contribution in [1.29, 1.82) is 0 Å². The number of benzene rings is 2. The Morgan fingerprint density at radius 1 is 1.12 bits per heavy atom. The van der Waals surface area contributed by atoms with Gasteiger partial charge in [0.05, 0.1) is 12.8 Å². The molecule has 0 amide bonds. The zero-order valence-electron chi connectivity index (χ0n) is 14.0. The summed E-state index contributed by atoms with van der Waals surface area (Å²) in [6, 6.07) is 13.2. The highest BCUT2D eigenvalue weighted by atomic mass is 16.7. The standard InChI is InChI=1S/C19H18N2O4/c1-21-15(7-8-20-21)19(22)13-4-5-16(23-2)14(9-13)12-3-6-17-18(10-12)25-11-24-17/h3-10,19,22H,11H2,1-2H3. The maximum Gasteiger partial charge on any atom is 0.231 e. The van der Waals surface area contributed by atoms with Crippen LogP contribution in [0.3, 0.4) is 0 Å². The molecular formula is C19H18N2O4. The second-order valence-electron chi connectivity index (χ2n) is 5.81. The van der Waals surface area contributed by atoms with Crippen molar-refractivity contribution in [2.24, 2.45) is 7.05 Å².